The summed E-state index contributed by atoms with van der Waals surface area (Å²) < 4.78 is 30.5. The van der Waals surface area contributed by atoms with E-state index in [4.69, 9.17) is 4.74 Å². The van der Waals surface area contributed by atoms with Gasteiger partial charge in [-0.25, -0.2) is 8.42 Å². The van der Waals surface area contributed by atoms with Crippen LogP contribution in [0.3, 0.4) is 0 Å². The summed E-state index contributed by atoms with van der Waals surface area (Å²) in [6.07, 6.45) is 3.53. The van der Waals surface area contributed by atoms with Gasteiger partial charge in [-0.1, -0.05) is 38.5 Å². The smallest absolute Gasteiger partial charge is 0.322 e. The van der Waals surface area contributed by atoms with E-state index in [1.54, 1.807) is 6.92 Å². The maximum Gasteiger partial charge on any atom is 0.322 e. The molecule has 132 valence electrons. The summed E-state index contributed by atoms with van der Waals surface area (Å²) in [6.45, 7) is 3.96. The van der Waals surface area contributed by atoms with Gasteiger partial charge in [0, 0.05) is 0 Å². The van der Waals surface area contributed by atoms with Crippen LogP contribution in [0, 0.1) is 11.8 Å². The van der Waals surface area contributed by atoms with Crippen LogP contribution in [0.15, 0.2) is 29.2 Å². The fraction of sp³-hybridized carbons (Fsp3) is 0.500. The highest BCUT2D eigenvalue weighted by Gasteiger charge is 2.33. The first-order valence-electron chi connectivity index (χ1n) is 8.02. The van der Waals surface area contributed by atoms with Crippen molar-refractivity contribution in [2.75, 3.05) is 6.61 Å². The predicted molar refractivity (Wildman–Crippen MR) is 92.8 cm³/mol. The van der Waals surface area contributed by atoms with E-state index >= 15 is 0 Å². The Morgan fingerprint density at radius 2 is 1.88 bits per heavy atom. The van der Waals surface area contributed by atoms with Crippen LogP contribution in [0.2, 0.25) is 0 Å². The average Bonchev–Trinajstić information content (AvgIpc) is 2.55. The van der Waals surface area contributed by atoms with E-state index in [0.29, 0.717) is 12.2 Å². The maximum absolute atomic E-state index is 12.6. The minimum absolute atomic E-state index is 0.000632. The van der Waals surface area contributed by atoms with E-state index in [1.165, 1.54) is 24.3 Å². The van der Waals surface area contributed by atoms with Gasteiger partial charge in [-0.15, -0.1) is 5.92 Å². The Morgan fingerprint density at radius 3 is 2.42 bits per heavy atom. The molecular formula is C18H24O5S. The molecule has 0 unspecified atom stereocenters. The number of unbranched alkanes of at least 4 members (excludes halogenated alkanes) is 3. The molecule has 0 radical (unpaired) electrons. The Morgan fingerprint density at radius 1 is 1.21 bits per heavy atom. The summed E-state index contributed by atoms with van der Waals surface area (Å²) >= 11 is 0. The molecule has 1 rings (SSSR count). The fourth-order valence-electron chi connectivity index (χ4n) is 2.25. The molecule has 6 heteroatoms. The number of sulfone groups is 1. The van der Waals surface area contributed by atoms with Gasteiger partial charge in [0.2, 0.25) is 0 Å². The van der Waals surface area contributed by atoms with Gasteiger partial charge in [0.1, 0.15) is 12.4 Å². The van der Waals surface area contributed by atoms with Crippen LogP contribution in [0.25, 0.3) is 0 Å². The third-order valence-electron chi connectivity index (χ3n) is 3.61. The minimum atomic E-state index is -3.91. The lowest BCUT2D eigenvalue weighted by Crippen LogP contribution is -2.30. The predicted octanol–water partition coefficient (Wildman–Crippen LogP) is 3.29. The molecule has 0 aromatic heterocycles. The summed E-state index contributed by atoms with van der Waals surface area (Å²) in [5.74, 6) is 4.62. The molecule has 0 saturated carbocycles. The van der Waals surface area contributed by atoms with Gasteiger partial charge >= 0.3 is 5.97 Å². The number of hydrogen-bond acceptors (Lipinski definition) is 4. The van der Waals surface area contributed by atoms with Crippen molar-refractivity contribution in [2.45, 2.75) is 56.1 Å². The molecule has 24 heavy (non-hydrogen) atoms. The third-order valence-corrected chi connectivity index (χ3v) is 5.73. The molecule has 0 saturated heterocycles. The first-order valence-corrected chi connectivity index (χ1v) is 9.57. The SMILES string of the molecule is CC#CCOc1ccc(S(=O)(=O)[C@H](CCCCCC)C(=O)O)cc1. The Kier molecular flexibility index (Phi) is 8.34. The standard InChI is InChI=1S/C18H24O5S/c1-3-5-7-8-9-17(18(19)20)24(21,22)16-12-10-15(11-13-16)23-14-6-4-2/h10-13,17H,3,5,7-9,14H2,1-2H3,(H,19,20)/t17-/m1/s1. The molecular weight excluding hydrogens is 328 g/mol. The van der Waals surface area contributed by atoms with Crippen molar-refractivity contribution >= 4 is 15.8 Å². The number of carboxylic acid groups (broad SMARTS) is 1. The Hall–Kier alpha value is -2.00. The van der Waals surface area contributed by atoms with Crippen molar-refractivity contribution in [1.29, 1.82) is 0 Å². The zero-order chi connectivity index (χ0) is 18.0. The largest absolute Gasteiger partial charge is 0.481 e. The van der Waals surface area contributed by atoms with Crippen molar-refractivity contribution in [2.24, 2.45) is 0 Å². The van der Waals surface area contributed by atoms with Crippen molar-refractivity contribution in [3.05, 3.63) is 24.3 Å². The number of ether oxygens (including phenoxy) is 1. The van der Waals surface area contributed by atoms with Gasteiger partial charge in [0.25, 0.3) is 0 Å². The average molecular weight is 352 g/mol. The van der Waals surface area contributed by atoms with E-state index < -0.39 is 21.1 Å². The lowest BCUT2D eigenvalue weighted by atomic mass is 10.1. The van der Waals surface area contributed by atoms with Crippen molar-refractivity contribution < 1.29 is 23.1 Å². The Labute approximate surface area is 144 Å². The van der Waals surface area contributed by atoms with Crippen LogP contribution < -0.4 is 4.74 Å². The molecule has 0 aliphatic rings. The Balaban J connectivity index is 2.85. The highest BCUT2D eigenvalue weighted by molar-refractivity contribution is 7.92. The second-order valence-electron chi connectivity index (χ2n) is 5.41. The van der Waals surface area contributed by atoms with Gasteiger partial charge < -0.3 is 9.84 Å². The molecule has 5 nitrogen and oxygen atoms in total. The molecule has 0 heterocycles. The lowest BCUT2D eigenvalue weighted by molar-refractivity contribution is -0.136. The normalized spacial score (nSPS) is 12.1. The molecule has 1 aromatic rings. The van der Waals surface area contributed by atoms with Gasteiger partial charge in [-0.3, -0.25) is 4.79 Å². The molecule has 1 aromatic carbocycles. The number of carboxylic acids is 1. The zero-order valence-corrected chi connectivity index (χ0v) is 14.9. The highest BCUT2D eigenvalue weighted by atomic mass is 32.2. The molecule has 0 bridgehead atoms. The summed E-state index contributed by atoms with van der Waals surface area (Å²) in [5.41, 5.74) is 0. The number of benzene rings is 1. The summed E-state index contributed by atoms with van der Waals surface area (Å²) in [7, 11) is -3.91. The van der Waals surface area contributed by atoms with Gasteiger partial charge in [-0.2, -0.15) is 0 Å². The molecule has 0 spiro atoms. The number of hydrogen-bond donors (Lipinski definition) is 1. The fourth-order valence-corrected chi connectivity index (χ4v) is 3.84. The van der Waals surface area contributed by atoms with Gasteiger partial charge in [-0.05, 0) is 37.6 Å². The summed E-state index contributed by atoms with van der Waals surface area (Å²) in [4.78, 5) is 11.4. The quantitative estimate of drug-likeness (QED) is 0.516. The van der Waals surface area contributed by atoms with E-state index in [2.05, 4.69) is 11.8 Å². The number of rotatable bonds is 10. The van der Waals surface area contributed by atoms with Crippen LogP contribution in [0.5, 0.6) is 5.75 Å². The van der Waals surface area contributed by atoms with Crippen molar-refractivity contribution in [1.82, 2.24) is 0 Å². The monoisotopic (exact) mass is 352 g/mol. The van der Waals surface area contributed by atoms with E-state index in [9.17, 15) is 18.3 Å². The summed E-state index contributed by atoms with van der Waals surface area (Å²) in [5, 5.41) is 7.90. The van der Waals surface area contributed by atoms with Crippen LogP contribution in [-0.4, -0.2) is 31.4 Å². The van der Waals surface area contributed by atoms with Crippen molar-refractivity contribution in [3.63, 3.8) is 0 Å². The van der Waals surface area contributed by atoms with Crippen molar-refractivity contribution in [3.8, 4) is 17.6 Å². The van der Waals surface area contributed by atoms with Crippen LogP contribution >= 0.6 is 0 Å². The molecule has 0 aliphatic carbocycles. The van der Waals surface area contributed by atoms with E-state index in [0.717, 1.165) is 19.3 Å². The second kappa shape index (κ2) is 9.99. The first kappa shape index (κ1) is 20.0. The summed E-state index contributed by atoms with van der Waals surface area (Å²) in [6, 6.07) is 5.79. The second-order valence-corrected chi connectivity index (χ2v) is 7.54. The third kappa shape index (κ3) is 5.89. The molecule has 0 amide bonds. The molecule has 1 N–H and O–H groups in total. The van der Waals surface area contributed by atoms with Crippen LogP contribution in [0.1, 0.15) is 46.0 Å². The van der Waals surface area contributed by atoms with Gasteiger partial charge in [0.05, 0.1) is 4.90 Å². The maximum atomic E-state index is 12.6. The van der Waals surface area contributed by atoms with E-state index in [1.807, 2.05) is 6.92 Å². The van der Waals surface area contributed by atoms with Crippen LogP contribution in [0.4, 0.5) is 0 Å². The highest BCUT2D eigenvalue weighted by Crippen LogP contribution is 2.23. The number of aliphatic carboxylic acids is 1. The molecule has 1 atom stereocenters. The Bertz CT molecular complexity index is 680. The van der Waals surface area contributed by atoms with Gasteiger partial charge in [0.15, 0.2) is 15.1 Å². The minimum Gasteiger partial charge on any atom is -0.481 e. The zero-order valence-electron chi connectivity index (χ0n) is 14.1. The first-order chi connectivity index (χ1) is 11.4. The molecule has 0 fully saturated rings. The van der Waals surface area contributed by atoms with Crippen LogP contribution in [-0.2, 0) is 14.6 Å². The lowest BCUT2D eigenvalue weighted by Gasteiger charge is -2.14. The number of carbonyl (C=O) groups is 1. The topological polar surface area (TPSA) is 80.7 Å². The molecule has 0 aliphatic heterocycles. The van der Waals surface area contributed by atoms with E-state index in [-0.39, 0.29) is 17.9 Å².